The second-order valence-corrected chi connectivity index (χ2v) is 11.8. The summed E-state index contributed by atoms with van der Waals surface area (Å²) in [4.78, 5) is 44.7. The summed E-state index contributed by atoms with van der Waals surface area (Å²) in [6, 6.07) is 5.95. The second-order valence-electron chi connectivity index (χ2n) is 11.8. The van der Waals surface area contributed by atoms with Gasteiger partial charge in [-0.15, -0.1) is 22.1 Å². The number of allylic oxidation sites excluding steroid dienone is 4. The fourth-order valence-corrected chi connectivity index (χ4v) is 6.61. The number of aryl methyl sites for hydroxylation is 4. The van der Waals surface area contributed by atoms with Crippen LogP contribution in [0.4, 0.5) is 0 Å². The molecule has 8 bridgehead atoms. The van der Waals surface area contributed by atoms with Crippen molar-refractivity contribution < 1.29 is 41.2 Å². The average Bonchev–Trinajstić information content (AvgIpc) is 3.72. The van der Waals surface area contributed by atoms with Crippen molar-refractivity contribution in [1.82, 2.24) is 19.9 Å². The summed E-state index contributed by atoms with van der Waals surface area (Å²) in [5.74, 6) is -0.593. The molecule has 0 aliphatic carbocycles. The Kier molecular flexibility index (Phi) is 11.3. The van der Waals surface area contributed by atoms with E-state index >= 15 is 0 Å². The number of hydrogen-bond donors (Lipinski definition) is 1. The zero-order valence-electron chi connectivity index (χ0n) is 28.4. The number of aromatic nitrogens is 4. The van der Waals surface area contributed by atoms with Gasteiger partial charge in [0.1, 0.15) is 0 Å². The van der Waals surface area contributed by atoms with Crippen molar-refractivity contribution in [2.24, 2.45) is 0 Å². The van der Waals surface area contributed by atoms with E-state index < -0.39 is 0 Å². The van der Waals surface area contributed by atoms with Crippen LogP contribution in [-0.2, 0) is 55.6 Å². The number of ether oxygens (including phenoxy) is 2. The van der Waals surface area contributed by atoms with Gasteiger partial charge in [-0.25, -0.2) is 9.97 Å². The molecule has 2 aliphatic heterocycles. The predicted molar refractivity (Wildman–Crippen MR) is 181 cm³/mol. The van der Waals surface area contributed by atoms with E-state index in [-0.39, 0.29) is 48.5 Å². The Morgan fingerprint density at radius 3 is 1.89 bits per heavy atom. The largest absolute Gasteiger partial charge is 2.00 e. The predicted octanol–water partition coefficient (Wildman–Crippen LogP) is 6.57. The van der Waals surface area contributed by atoms with E-state index in [1.807, 2.05) is 32.0 Å². The Balaban J connectivity index is 0.00000500. The first kappa shape index (κ1) is 35.9. The van der Waals surface area contributed by atoms with E-state index in [2.05, 4.69) is 27.7 Å². The average molecular weight is 686 g/mol. The number of nitrogens with zero attached hydrogens (tertiary/aromatic N) is 4. The van der Waals surface area contributed by atoms with Crippen LogP contribution in [0.15, 0.2) is 18.2 Å². The Morgan fingerprint density at radius 2 is 1.28 bits per heavy atom. The molecule has 5 heterocycles. The molecule has 0 fully saturated rings. The fourth-order valence-electron chi connectivity index (χ4n) is 6.61. The Morgan fingerprint density at radius 1 is 0.702 bits per heavy atom. The zero-order valence-corrected chi connectivity index (χ0v) is 29.3. The normalized spacial score (nSPS) is 12.8. The molecule has 1 N–H and O–H groups in total. The first-order valence-electron chi connectivity index (χ1n) is 15.9. The molecule has 251 valence electrons. The summed E-state index contributed by atoms with van der Waals surface area (Å²) in [5, 5.41) is 10.8. The van der Waals surface area contributed by atoms with E-state index in [9.17, 15) is 14.7 Å². The maximum atomic E-state index is 12.2. The van der Waals surface area contributed by atoms with Crippen LogP contribution in [0.2, 0.25) is 0 Å². The van der Waals surface area contributed by atoms with Crippen LogP contribution < -0.4 is 9.97 Å². The van der Waals surface area contributed by atoms with Crippen molar-refractivity contribution in [3.05, 3.63) is 68.8 Å². The number of fused-ring (bicyclic) bond motifs is 8. The summed E-state index contributed by atoms with van der Waals surface area (Å²) >= 11 is 0. The van der Waals surface area contributed by atoms with Gasteiger partial charge < -0.3 is 24.5 Å². The van der Waals surface area contributed by atoms with Crippen molar-refractivity contribution in [3.63, 3.8) is 0 Å². The minimum absolute atomic E-state index is 0. The molecule has 9 nitrogen and oxygen atoms in total. The van der Waals surface area contributed by atoms with Crippen LogP contribution in [0.1, 0.15) is 104 Å². The summed E-state index contributed by atoms with van der Waals surface area (Å²) in [6.07, 6.45) is 2.81. The third kappa shape index (κ3) is 6.73. The number of esters is 2. The van der Waals surface area contributed by atoms with E-state index in [0.29, 0.717) is 29.6 Å². The molecule has 0 atom stereocenters. The quantitative estimate of drug-likeness (QED) is 0.196. The third-order valence-electron chi connectivity index (χ3n) is 9.35. The van der Waals surface area contributed by atoms with Crippen molar-refractivity contribution in [2.45, 2.75) is 86.7 Å². The Bertz CT molecular complexity index is 1960. The fraction of sp³-hybridized carbons (Fsp3) is 0.405. The molecule has 0 amide bonds. The van der Waals surface area contributed by atoms with Crippen LogP contribution in [-0.4, -0.2) is 41.2 Å². The number of aliphatic hydroxyl groups excluding tert-OH is 1. The number of aliphatic hydroxyl groups is 1. The maximum Gasteiger partial charge on any atom is 2.00 e. The molecule has 47 heavy (non-hydrogen) atoms. The summed E-state index contributed by atoms with van der Waals surface area (Å²) in [7, 11) is 2.78. The standard InChI is InChI=1S/C37H42N4O5.Cu/c1-9-23-22(6)36-27(18-42)37-24(10-2)19(3)30(40-37)15-28-20(4)25(11-13-34(43)45-7)32(38-28)17-33-26(12-14-35(44)46-8)21(5)29(39-33)16-31(23)41-36;/h15-17,42H,9-14,18H2,1-8H3;/q-2;+2. The molecule has 10 heteroatoms. The van der Waals surface area contributed by atoms with Crippen molar-refractivity contribution in [3.8, 4) is 0 Å². The number of rotatable bonds is 9. The number of hydrogen-bond acceptors (Lipinski definition) is 7. The van der Waals surface area contributed by atoms with Gasteiger partial charge in [0.25, 0.3) is 0 Å². The number of carbonyl (C=O) groups excluding carboxylic acids is 2. The SMILES string of the molecule is CCC1=C(C)c2nc1cc1[n-]c(cc3nc(cc4[n-]c(c2CO)c(CC)c4C)C(C)=C3CCC(=O)OC)c(CCC(=O)OC)c1C.[Cu+2]. The van der Waals surface area contributed by atoms with Crippen LogP contribution in [0.3, 0.4) is 0 Å². The van der Waals surface area contributed by atoms with Gasteiger partial charge in [-0.2, -0.15) is 0 Å². The van der Waals surface area contributed by atoms with Gasteiger partial charge in [0, 0.05) is 12.8 Å². The van der Waals surface area contributed by atoms with E-state index in [1.165, 1.54) is 14.2 Å². The van der Waals surface area contributed by atoms with Gasteiger partial charge in [0.15, 0.2) is 0 Å². The molecule has 5 rings (SSSR count). The molecule has 0 saturated heterocycles. The zero-order chi connectivity index (χ0) is 33.3. The summed E-state index contributed by atoms with van der Waals surface area (Å²) < 4.78 is 9.90. The first-order chi connectivity index (χ1) is 22.1. The maximum absolute atomic E-state index is 12.2. The first-order valence-corrected chi connectivity index (χ1v) is 15.9. The molecular weight excluding hydrogens is 644 g/mol. The van der Waals surface area contributed by atoms with E-state index in [4.69, 9.17) is 29.4 Å². The van der Waals surface area contributed by atoms with Crippen molar-refractivity contribution in [1.29, 1.82) is 0 Å². The minimum Gasteiger partial charge on any atom is -0.657 e. The third-order valence-corrected chi connectivity index (χ3v) is 9.35. The smallest absolute Gasteiger partial charge is 0.657 e. The molecule has 0 unspecified atom stereocenters. The molecule has 3 aromatic heterocycles. The van der Waals surface area contributed by atoms with Gasteiger partial charge in [0.05, 0.1) is 43.6 Å². The van der Waals surface area contributed by atoms with Gasteiger partial charge in [0.2, 0.25) is 0 Å². The van der Waals surface area contributed by atoms with Gasteiger partial charge in [-0.05, 0) is 81.2 Å². The number of carbonyl (C=O) groups is 2. The molecule has 0 aromatic carbocycles. The minimum atomic E-state index is -0.297. The van der Waals surface area contributed by atoms with Gasteiger partial charge in [-0.1, -0.05) is 54.3 Å². The summed E-state index contributed by atoms with van der Waals surface area (Å²) in [6.45, 7) is 12.1. The Hall–Kier alpha value is -3.98. The Labute approximate surface area is 286 Å². The van der Waals surface area contributed by atoms with Crippen LogP contribution in [0.25, 0.3) is 44.4 Å². The molecule has 0 spiro atoms. The monoisotopic (exact) mass is 685 g/mol. The molecular formula is C37H42CuN4O5. The van der Waals surface area contributed by atoms with E-state index in [0.717, 1.165) is 91.0 Å². The van der Waals surface area contributed by atoms with E-state index in [1.54, 1.807) is 0 Å². The molecule has 0 saturated carbocycles. The topological polar surface area (TPSA) is 127 Å². The van der Waals surface area contributed by atoms with Crippen LogP contribution in [0, 0.1) is 13.8 Å². The number of methoxy groups -OCH3 is 2. The van der Waals surface area contributed by atoms with Crippen LogP contribution in [0.5, 0.6) is 0 Å². The molecule has 3 aromatic rings. The van der Waals surface area contributed by atoms with Crippen molar-refractivity contribution in [2.75, 3.05) is 14.2 Å². The van der Waals surface area contributed by atoms with Crippen molar-refractivity contribution >= 4 is 56.3 Å². The van der Waals surface area contributed by atoms with Crippen LogP contribution >= 0.6 is 0 Å². The summed E-state index contributed by atoms with van der Waals surface area (Å²) in [5.41, 5.74) is 14.7. The van der Waals surface area contributed by atoms with Gasteiger partial charge >= 0.3 is 29.0 Å². The van der Waals surface area contributed by atoms with Gasteiger partial charge in [-0.3, -0.25) is 9.59 Å². The second kappa shape index (κ2) is 14.8. The molecule has 1 radical (unpaired) electrons. The molecule has 2 aliphatic rings.